The Morgan fingerprint density at radius 3 is 2.00 bits per heavy atom. The molecule has 0 aliphatic carbocycles. The Morgan fingerprint density at radius 1 is 1.38 bits per heavy atom. The minimum absolute atomic E-state index is 0.317. The van der Waals surface area contributed by atoms with E-state index in [0.717, 1.165) is 0 Å². The molecule has 0 rings (SSSR count). The summed E-state index contributed by atoms with van der Waals surface area (Å²) < 4.78 is 0. The summed E-state index contributed by atoms with van der Waals surface area (Å²) in [6.45, 7) is 0.317. The number of nitrogens with two attached hydrogens (primary N) is 1. The molecule has 0 amide bonds. The van der Waals surface area contributed by atoms with Gasteiger partial charge in [0.1, 0.15) is 6.54 Å². The van der Waals surface area contributed by atoms with Crippen LogP contribution in [0.4, 0.5) is 0 Å². The van der Waals surface area contributed by atoms with E-state index in [2.05, 4.69) is 0 Å². The molecule has 0 aromatic carbocycles. The average Bonchev–Trinajstić information content (AvgIpc) is 1.67. The zero-order chi connectivity index (χ0) is 6.57. The van der Waals surface area contributed by atoms with Crippen LogP contribution in [0.15, 0.2) is 0 Å². The number of aliphatic hydroxyl groups excluding tert-OH is 2. The molecule has 1 atom stereocenters. The van der Waals surface area contributed by atoms with Crippen molar-refractivity contribution >= 4 is 0 Å². The highest BCUT2D eigenvalue weighted by atomic mass is 16.5. The Morgan fingerprint density at radius 2 is 1.88 bits per heavy atom. The van der Waals surface area contributed by atoms with E-state index in [1.54, 1.807) is 12.4 Å². The van der Waals surface area contributed by atoms with E-state index >= 15 is 0 Å². The van der Waals surface area contributed by atoms with Gasteiger partial charge in [-0.1, -0.05) is 0 Å². The van der Waals surface area contributed by atoms with Gasteiger partial charge in [-0.3, -0.25) is 0 Å². The number of hydrogen-bond donors (Lipinski definition) is 4. The largest absolute Gasteiger partial charge is 0.382 e. The zero-order valence-corrected chi connectivity index (χ0v) is 4.78. The first-order chi connectivity index (χ1) is 3.68. The first kappa shape index (κ1) is 7.84. The summed E-state index contributed by atoms with van der Waals surface area (Å²) in [6, 6.07) is 0. The predicted octanol–water partition coefficient (Wildman–Crippen LogP) is -3.15. The first-order valence-corrected chi connectivity index (χ1v) is 2.50. The molecule has 4 nitrogen and oxygen atoms in total. The van der Waals surface area contributed by atoms with E-state index < -0.39 is 12.4 Å². The molecule has 5 N–H and O–H groups in total. The van der Waals surface area contributed by atoms with E-state index in [4.69, 9.17) is 15.3 Å². The molecule has 0 spiro atoms. The SMILES string of the molecule is C[NH2+]C[C@H](O)C(O)O. The average molecular weight is 122 g/mol. The quantitative estimate of drug-likeness (QED) is 0.299. The normalized spacial score (nSPS) is 14.6. The van der Waals surface area contributed by atoms with Crippen LogP contribution in [-0.4, -0.2) is 41.3 Å². The van der Waals surface area contributed by atoms with Crippen molar-refractivity contribution < 1.29 is 20.6 Å². The molecule has 0 aliphatic heterocycles. The lowest BCUT2D eigenvalue weighted by Crippen LogP contribution is -2.82. The molecule has 0 unspecified atom stereocenters. The number of likely N-dealkylation sites (N-methyl/N-ethyl adjacent to an activating group) is 1. The van der Waals surface area contributed by atoms with Gasteiger partial charge in [-0.05, 0) is 0 Å². The summed E-state index contributed by atoms with van der Waals surface area (Å²) in [6.07, 6.45) is -2.63. The third-order valence-electron chi connectivity index (χ3n) is 0.821. The Hall–Kier alpha value is -0.160. The highest BCUT2D eigenvalue weighted by molar-refractivity contribution is 4.50. The van der Waals surface area contributed by atoms with E-state index in [-0.39, 0.29) is 0 Å². The van der Waals surface area contributed by atoms with Gasteiger partial charge in [0.05, 0.1) is 7.05 Å². The van der Waals surface area contributed by atoms with Crippen molar-refractivity contribution in [2.45, 2.75) is 12.4 Å². The molecule has 0 radical (unpaired) electrons. The van der Waals surface area contributed by atoms with Crippen LogP contribution in [0.5, 0.6) is 0 Å². The van der Waals surface area contributed by atoms with Gasteiger partial charge >= 0.3 is 0 Å². The monoisotopic (exact) mass is 122 g/mol. The summed E-state index contributed by atoms with van der Waals surface area (Å²) in [5, 5.41) is 26.7. The minimum atomic E-state index is -1.61. The molecule has 0 saturated carbocycles. The van der Waals surface area contributed by atoms with Gasteiger partial charge in [0, 0.05) is 0 Å². The fraction of sp³-hybridized carbons (Fsp3) is 1.00. The van der Waals surface area contributed by atoms with Gasteiger partial charge in [0.2, 0.25) is 0 Å². The summed E-state index contributed by atoms with van der Waals surface area (Å²) in [7, 11) is 1.74. The van der Waals surface area contributed by atoms with E-state index in [1.165, 1.54) is 0 Å². The maximum atomic E-state index is 8.60. The minimum Gasteiger partial charge on any atom is -0.382 e. The zero-order valence-electron chi connectivity index (χ0n) is 4.78. The standard InChI is InChI=1S/C4H11NO3/c1-5-2-3(6)4(7)8/h3-8H,2H2,1H3/p+1/t3-/m0/s1. The Labute approximate surface area is 47.8 Å². The summed E-state index contributed by atoms with van der Waals surface area (Å²) in [5.41, 5.74) is 0. The van der Waals surface area contributed by atoms with Crippen LogP contribution in [0.25, 0.3) is 0 Å². The molecule has 4 heteroatoms. The second kappa shape index (κ2) is 3.80. The number of hydrogen-bond acceptors (Lipinski definition) is 3. The van der Waals surface area contributed by atoms with E-state index in [0.29, 0.717) is 6.54 Å². The lowest BCUT2D eigenvalue weighted by atomic mass is 10.3. The fourth-order valence-electron chi connectivity index (χ4n) is 0.363. The van der Waals surface area contributed by atoms with Crippen LogP contribution in [0.2, 0.25) is 0 Å². The lowest BCUT2D eigenvalue weighted by molar-refractivity contribution is -0.636. The second-order valence-corrected chi connectivity index (χ2v) is 1.62. The van der Waals surface area contributed by atoms with E-state index in [9.17, 15) is 0 Å². The highest BCUT2D eigenvalue weighted by Crippen LogP contribution is 1.81. The van der Waals surface area contributed by atoms with Gasteiger partial charge in [0.25, 0.3) is 0 Å². The molecule has 0 aliphatic rings. The number of rotatable bonds is 3. The van der Waals surface area contributed by atoms with Crippen molar-refractivity contribution in [3.63, 3.8) is 0 Å². The van der Waals surface area contributed by atoms with Crippen LogP contribution < -0.4 is 5.32 Å². The molecule has 0 bridgehead atoms. The number of aliphatic hydroxyl groups is 3. The van der Waals surface area contributed by atoms with Crippen molar-refractivity contribution in [3.05, 3.63) is 0 Å². The topological polar surface area (TPSA) is 77.3 Å². The summed E-state index contributed by atoms with van der Waals surface area (Å²) >= 11 is 0. The molecule has 50 valence electrons. The molecule has 0 aromatic rings. The van der Waals surface area contributed by atoms with Gasteiger partial charge in [0.15, 0.2) is 12.4 Å². The molecule has 0 saturated heterocycles. The molecule has 0 heterocycles. The molecule has 0 aromatic heterocycles. The van der Waals surface area contributed by atoms with Crippen LogP contribution in [0, 0.1) is 0 Å². The van der Waals surface area contributed by atoms with Gasteiger partial charge in [-0.2, -0.15) is 0 Å². The molecule has 8 heavy (non-hydrogen) atoms. The van der Waals surface area contributed by atoms with E-state index in [1.807, 2.05) is 0 Å². The second-order valence-electron chi connectivity index (χ2n) is 1.62. The predicted molar refractivity (Wildman–Crippen MR) is 26.9 cm³/mol. The van der Waals surface area contributed by atoms with Crippen LogP contribution in [0.3, 0.4) is 0 Å². The smallest absolute Gasteiger partial charge is 0.183 e. The first-order valence-electron chi connectivity index (χ1n) is 2.50. The van der Waals surface area contributed by atoms with Gasteiger partial charge < -0.3 is 20.6 Å². The van der Waals surface area contributed by atoms with Crippen molar-refractivity contribution in [2.24, 2.45) is 0 Å². The maximum absolute atomic E-state index is 8.60. The van der Waals surface area contributed by atoms with Crippen molar-refractivity contribution in [3.8, 4) is 0 Å². The molecular formula is C4H12NO3+. The fourth-order valence-corrected chi connectivity index (χ4v) is 0.363. The van der Waals surface area contributed by atoms with Crippen molar-refractivity contribution in [1.82, 2.24) is 0 Å². The maximum Gasteiger partial charge on any atom is 0.183 e. The van der Waals surface area contributed by atoms with Gasteiger partial charge in [-0.25, -0.2) is 0 Å². The number of quaternary nitrogens is 1. The van der Waals surface area contributed by atoms with Crippen molar-refractivity contribution in [1.29, 1.82) is 0 Å². The van der Waals surface area contributed by atoms with Crippen LogP contribution in [-0.2, 0) is 0 Å². The molecular weight excluding hydrogens is 110 g/mol. The van der Waals surface area contributed by atoms with Gasteiger partial charge in [-0.15, -0.1) is 0 Å². The Balaban J connectivity index is 3.17. The summed E-state index contributed by atoms with van der Waals surface area (Å²) in [5.74, 6) is 0. The van der Waals surface area contributed by atoms with Crippen LogP contribution >= 0.6 is 0 Å². The molecule has 0 fully saturated rings. The third kappa shape index (κ3) is 2.92. The third-order valence-corrected chi connectivity index (χ3v) is 0.821. The highest BCUT2D eigenvalue weighted by Gasteiger charge is 2.12. The van der Waals surface area contributed by atoms with Crippen LogP contribution in [0.1, 0.15) is 0 Å². The Bertz CT molecular complexity index is 57.2. The van der Waals surface area contributed by atoms with Crippen molar-refractivity contribution in [2.75, 3.05) is 13.6 Å². The summed E-state index contributed by atoms with van der Waals surface area (Å²) in [4.78, 5) is 0. The lowest BCUT2D eigenvalue weighted by Gasteiger charge is -2.07. The Kier molecular flexibility index (Phi) is 3.72.